The number of nitrogens with one attached hydrogen (secondary N) is 1. The summed E-state index contributed by atoms with van der Waals surface area (Å²) in [7, 11) is 1.55. The Kier molecular flexibility index (Phi) is 4.02. The van der Waals surface area contributed by atoms with Gasteiger partial charge in [0.25, 0.3) is 0 Å². The summed E-state index contributed by atoms with van der Waals surface area (Å²) in [4.78, 5) is 12.0. The first-order valence-electron chi connectivity index (χ1n) is 5.78. The maximum Gasteiger partial charge on any atom is 0.180 e. The van der Waals surface area contributed by atoms with Crippen LogP contribution >= 0.6 is 11.6 Å². The maximum atomic E-state index is 12.0. The minimum absolute atomic E-state index is 0.0185. The van der Waals surface area contributed by atoms with Crippen molar-refractivity contribution in [2.45, 2.75) is 12.8 Å². The molecule has 0 aromatic heterocycles. The largest absolute Gasteiger partial charge is 0.496 e. The van der Waals surface area contributed by atoms with E-state index in [1.165, 1.54) is 12.8 Å². The van der Waals surface area contributed by atoms with Gasteiger partial charge in [-0.05, 0) is 43.5 Å². The first-order chi connectivity index (χ1) is 8.20. The number of benzene rings is 1. The molecule has 2 rings (SSSR count). The molecule has 0 aliphatic heterocycles. The number of methoxy groups -OCH3 is 1. The fourth-order valence-corrected chi connectivity index (χ4v) is 1.88. The van der Waals surface area contributed by atoms with Crippen LogP contribution in [0.15, 0.2) is 18.2 Å². The fourth-order valence-electron chi connectivity index (χ4n) is 1.71. The summed E-state index contributed by atoms with van der Waals surface area (Å²) < 4.78 is 5.15. The summed E-state index contributed by atoms with van der Waals surface area (Å²) in [6.45, 7) is 1.27. The van der Waals surface area contributed by atoms with E-state index in [-0.39, 0.29) is 5.78 Å². The summed E-state index contributed by atoms with van der Waals surface area (Å²) in [5, 5.41) is 3.72. The molecule has 1 N–H and O–H groups in total. The number of hydrogen-bond donors (Lipinski definition) is 1. The standard InChI is InChI=1S/C13H16ClNO2/c1-17-13-5-4-10(14)6-11(13)12(16)8-15-7-9-2-3-9/h4-6,9,15H,2-3,7-8H2,1H3. The van der Waals surface area contributed by atoms with Crippen LogP contribution in [0.1, 0.15) is 23.2 Å². The zero-order chi connectivity index (χ0) is 12.3. The lowest BCUT2D eigenvalue weighted by molar-refractivity contribution is 0.0988. The van der Waals surface area contributed by atoms with Crippen molar-refractivity contribution in [1.29, 1.82) is 0 Å². The van der Waals surface area contributed by atoms with Gasteiger partial charge in [-0.15, -0.1) is 0 Å². The third kappa shape index (κ3) is 3.45. The van der Waals surface area contributed by atoms with Crippen molar-refractivity contribution < 1.29 is 9.53 Å². The molecule has 0 unspecified atom stereocenters. The topological polar surface area (TPSA) is 38.3 Å². The van der Waals surface area contributed by atoms with Crippen molar-refractivity contribution in [1.82, 2.24) is 5.32 Å². The smallest absolute Gasteiger partial charge is 0.180 e. The number of rotatable bonds is 6. The molecule has 1 saturated carbocycles. The average molecular weight is 254 g/mol. The van der Waals surface area contributed by atoms with Gasteiger partial charge in [-0.1, -0.05) is 11.6 Å². The molecular formula is C13H16ClNO2. The highest BCUT2D eigenvalue weighted by Gasteiger charge is 2.21. The molecule has 0 saturated heterocycles. The molecule has 1 aliphatic carbocycles. The van der Waals surface area contributed by atoms with Gasteiger partial charge in [-0.2, -0.15) is 0 Å². The monoisotopic (exact) mass is 253 g/mol. The van der Waals surface area contributed by atoms with E-state index in [4.69, 9.17) is 16.3 Å². The molecule has 92 valence electrons. The van der Waals surface area contributed by atoms with Crippen LogP contribution in [0, 0.1) is 5.92 Å². The number of Topliss-reactive ketones (excluding diaryl/α,β-unsaturated/α-hetero) is 1. The molecular weight excluding hydrogens is 238 g/mol. The van der Waals surface area contributed by atoms with Crippen LogP contribution in [0.5, 0.6) is 5.75 Å². The highest BCUT2D eigenvalue weighted by atomic mass is 35.5. The first kappa shape index (κ1) is 12.4. The van der Waals surface area contributed by atoms with Gasteiger partial charge in [0.05, 0.1) is 19.2 Å². The predicted molar refractivity (Wildman–Crippen MR) is 67.9 cm³/mol. The molecule has 0 amide bonds. The zero-order valence-electron chi connectivity index (χ0n) is 9.83. The van der Waals surface area contributed by atoms with Crippen molar-refractivity contribution in [2.24, 2.45) is 5.92 Å². The molecule has 0 spiro atoms. The van der Waals surface area contributed by atoms with Gasteiger partial charge < -0.3 is 10.1 Å². The van der Waals surface area contributed by atoms with Gasteiger partial charge in [0.2, 0.25) is 0 Å². The molecule has 17 heavy (non-hydrogen) atoms. The molecule has 1 aromatic rings. The summed E-state index contributed by atoms with van der Waals surface area (Å²) >= 11 is 5.88. The maximum absolute atomic E-state index is 12.0. The summed E-state index contributed by atoms with van der Waals surface area (Å²) in [6.07, 6.45) is 2.56. The summed E-state index contributed by atoms with van der Waals surface area (Å²) in [6, 6.07) is 5.09. The van der Waals surface area contributed by atoms with Crippen LogP contribution in [-0.2, 0) is 0 Å². The van der Waals surface area contributed by atoms with Gasteiger partial charge in [0.1, 0.15) is 5.75 Å². The van der Waals surface area contributed by atoms with Crippen molar-refractivity contribution in [3.05, 3.63) is 28.8 Å². The van der Waals surface area contributed by atoms with Crippen LogP contribution in [0.25, 0.3) is 0 Å². The Bertz CT molecular complexity index is 416. The van der Waals surface area contributed by atoms with E-state index >= 15 is 0 Å². The van der Waals surface area contributed by atoms with Gasteiger partial charge in [0.15, 0.2) is 5.78 Å². The number of ether oxygens (including phenoxy) is 1. The van der Waals surface area contributed by atoms with E-state index in [1.807, 2.05) is 0 Å². The van der Waals surface area contributed by atoms with Gasteiger partial charge in [-0.25, -0.2) is 0 Å². The molecule has 1 aromatic carbocycles. The third-order valence-corrected chi connectivity index (χ3v) is 3.11. The third-order valence-electron chi connectivity index (χ3n) is 2.88. The molecule has 3 nitrogen and oxygen atoms in total. The molecule has 0 radical (unpaired) electrons. The minimum atomic E-state index is 0.0185. The quantitative estimate of drug-likeness (QED) is 0.792. The number of carbonyl (C=O) groups is 1. The summed E-state index contributed by atoms with van der Waals surface area (Å²) in [5.41, 5.74) is 0.545. The highest BCUT2D eigenvalue weighted by Crippen LogP contribution is 2.27. The van der Waals surface area contributed by atoms with Crippen LogP contribution in [0.2, 0.25) is 5.02 Å². The zero-order valence-corrected chi connectivity index (χ0v) is 10.6. The second-order valence-electron chi connectivity index (χ2n) is 4.34. The number of carbonyl (C=O) groups excluding carboxylic acids is 1. The van der Waals surface area contributed by atoms with Crippen molar-refractivity contribution in [2.75, 3.05) is 20.2 Å². The summed E-state index contributed by atoms with van der Waals surface area (Å²) in [5.74, 6) is 1.36. The van der Waals surface area contributed by atoms with Gasteiger partial charge >= 0.3 is 0 Å². The second kappa shape index (κ2) is 5.52. The molecule has 1 aliphatic rings. The highest BCUT2D eigenvalue weighted by molar-refractivity contribution is 6.31. The molecule has 0 atom stereocenters. The fraction of sp³-hybridized carbons (Fsp3) is 0.462. The molecule has 4 heteroatoms. The Hall–Kier alpha value is -1.06. The second-order valence-corrected chi connectivity index (χ2v) is 4.78. The Labute approximate surface area is 106 Å². The average Bonchev–Trinajstić information content (AvgIpc) is 3.13. The normalized spacial score (nSPS) is 14.7. The van der Waals surface area contributed by atoms with E-state index in [0.717, 1.165) is 12.5 Å². The van der Waals surface area contributed by atoms with Crippen molar-refractivity contribution >= 4 is 17.4 Å². The minimum Gasteiger partial charge on any atom is -0.496 e. The van der Waals surface area contributed by atoms with Crippen molar-refractivity contribution in [3.63, 3.8) is 0 Å². The first-order valence-corrected chi connectivity index (χ1v) is 6.16. The number of halogens is 1. The van der Waals surface area contributed by atoms with Gasteiger partial charge in [-0.3, -0.25) is 4.79 Å². The molecule has 1 fully saturated rings. The number of hydrogen-bond acceptors (Lipinski definition) is 3. The van der Waals surface area contributed by atoms with Crippen LogP contribution in [-0.4, -0.2) is 26.0 Å². The Morgan fingerprint density at radius 1 is 1.53 bits per heavy atom. The SMILES string of the molecule is COc1ccc(Cl)cc1C(=O)CNCC1CC1. The Morgan fingerprint density at radius 2 is 2.29 bits per heavy atom. The lowest BCUT2D eigenvalue weighted by atomic mass is 10.1. The van der Waals surface area contributed by atoms with Crippen molar-refractivity contribution in [3.8, 4) is 5.75 Å². The lowest BCUT2D eigenvalue weighted by Crippen LogP contribution is -2.25. The lowest BCUT2D eigenvalue weighted by Gasteiger charge is -2.08. The van der Waals surface area contributed by atoms with E-state index in [0.29, 0.717) is 22.9 Å². The van der Waals surface area contributed by atoms with Gasteiger partial charge in [0, 0.05) is 5.02 Å². The molecule has 0 bridgehead atoms. The van der Waals surface area contributed by atoms with E-state index in [9.17, 15) is 4.79 Å². The van der Waals surface area contributed by atoms with Crippen LogP contribution in [0.3, 0.4) is 0 Å². The van der Waals surface area contributed by atoms with E-state index in [2.05, 4.69) is 5.32 Å². The van der Waals surface area contributed by atoms with E-state index in [1.54, 1.807) is 25.3 Å². The number of ketones is 1. The van der Waals surface area contributed by atoms with Crippen LogP contribution < -0.4 is 10.1 Å². The molecule has 0 heterocycles. The Balaban J connectivity index is 1.98. The predicted octanol–water partition coefficient (Wildman–Crippen LogP) is 2.53. The van der Waals surface area contributed by atoms with E-state index < -0.39 is 0 Å². The Morgan fingerprint density at radius 3 is 2.94 bits per heavy atom. The van der Waals surface area contributed by atoms with Crippen LogP contribution in [0.4, 0.5) is 0 Å².